The molecule has 0 aliphatic carbocycles. The molecular weight excluding hydrogens is 330 g/mol. The number of hydrogen-bond donors (Lipinski definition) is 2. The molecule has 8 heteroatoms. The zero-order chi connectivity index (χ0) is 17.7. The Bertz CT molecular complexity index is 701. The molecule has 24 heavy (non-hydrogen) atoms. The van der Waals surface area contributed by atoms with Gasteiger partial charge in [-0.2, -0.15) is 0 Å². The van der Waals surface area contributed by atoms with Gasteiger partial charge in [-0.15, -0.1) is 0 Å². The number of likely N-dealkylation sites (tertiary alicyclic amines) is 1. The Hall–Kier alpha value is -1.93. The van der Waals surface area contributed by atoms with Crippen LogP contribution in [0.2, 0.25) is 0 Å². The van der Waals surface area contributed by atoms with Crippen LogP contribution in [0.5, 0.6) is 0 Å². The number of benzene rings is 1. The summed E-state index contributed by atoms with van der Waals surface area (Å²) in [5.74, 6) is -0.168. The lowest BCUT2D eigenvalue weighted by molar-refractivity contribution is -0.131. The second-order valence-electron chi connectivity index (χ2n) is 6.12. The summed E-state index contributed by atoms with van der Waals surface area (Å²) in [6.07, 6.45) is 2.90. The lowest BCUT2D eigenvalue weighted by Crippen LogP contribution is -2.49. The van der Waals surface area contributed by atoms with E-state index in [1.165, 1.54) is 6.92 Å². The molecular formula is C16H23N3O4S. The van der Waals surface area contributed by atoms with Gasteiger partial charge in [-0.05, 0) is 30.5 Å². The molecule has 2 N–H and O–H groups in total. The summed E-state index contributed by atoms with van der Waals surface area (Å²) >= 11 is 0. The Morgan fingerprint density at radius 2 is 1.92 bits per heavy atom. The molecule has 0 saturated carbocycles. The minimum Gasteiger partial charge on any atom is -0.341 e. The molecule has 0 spiro atoms. The van der Waals surface area contributed by atoms with Gasteiger partial charge >= 0.3 is 0 Å². The van der Waals surface area contributed by atoms with Gasteiger partial charge in [0.25, 0.3) is 0 Å². The highest BCUT2D eigenvalue weighted by Gasteiger charge is 2.25. The molecule has 132 valence electrons. The van der Waals surface area contributed by atoms with E-state index < -0.39 is 10.0 Å². The summed E-state index contributed by atoms with van der Waals surface area (Å²) in [5, 5.41) is 2.68. The van der Waals surface area contributed by atoms with Crippen molar-refractivity contribution >= 4 is 27.5 Å². The van der Waals surface area contributed by atoms with Crippen LogP contribution in [0.15, 0.2) is 24.3 Å². The molecule has 2 rings (SSSR count). The quantitative estimate of drug-likeness (QED) is 0.816. The van der Waals surface area contributed by atoms with Crippen LogP contribution >= 0.6 is 0 Å². The van der Waals surface area contributed by atoms with Crippen LogP contribution in [0.25, 0.3) is 0 Å². The molecule has 7 nitrogen and oxygen atoms in total. The van der Waals surface area contributed by atoms with Crippen LogP contribution in [0.3, 0.4) is 0 Å². The molecule has 1 atom stereocenters. The maximum Gasteiger partial charge on any atom is 0.227 e. The molecule has 1 aromatic carbocycles. The number of nitrogens with zero attached hydrogens (tertiary/aromatic N) is 1. The normalized spacial score (nSPS) is 18.2. The van der Waals surface area contributed by atoms with Gasteiger partial charge < -0.3 is 10.2 Å². The van der Waals surface area contributed by atoms with Crippen molar-refractivity contribution in [3.05, 3.63) is 29.8 Å². The summed E-state index contributed by atoms with van der Waals surface area (Å²) in [5.41, 5.74) is 1.54. The molecule has 1 aromatic rings. The maximum absolute atomic E-state index is 12.4. The van der Waals surface area contributed by atoms with Gasteiger partial charge in [-0.1, -0.05) is 12.1 Å². The van der Waals surface area contributed by atoms with E-state index in [2.05, 4.69) is 10.0 Å². The molecule has 1 aliphatic heterocycles. The van der Waals surface area contributed by atoms with E-state index in [1.807, 2.05) is 0 Å². The van der Waals surface area contributed by atoms with Crippen LogP contribution < -0.4 is 10.0 Å². The predicted octanol–water partition coefficient (Wildman–Crippen LogP) is 0.728. The van der Waals surface area contributed by atoms with Gasteiger partial charge in [0, 0.05) is 31.7 Å². The topological polar surface area (TPSA) is 95.6 Å². The first-order valence-corrected chi connectivity index (χ1v) is 9.74. The monoisotopic (exact) mass is 353 g/mol. The highest BCUT2D eigenvalue weighted by molar-refractivity contribution is 7.88. The molecule has 2 amide bonds. The molecule has 1 heterocycles. The van der Waals surface area contributed by atoms with E-state index in [1.54, 1.807) is 29.2 Å². The third-order valence-corrected chi connectivity index (χ3v) is 4.55. The number of nitrogens with one attached hydrogen (secondary N) is 2. The summed E-state index contributed by atoms with van der Waals surface area (Å²) in [6.45, 7) is 2.48. The van der Waals surface area contributed by atoms with Crippen LogP contribution in [0, 0.1) is 0 Å². The zero-order valence-corrected chi connectivity index (χ0v) is 14.7. The number of amides is 2. The molecule has 0 aromatic heterocycles. The van der Waals surface area contributed by atoms with Gasteiger partial charge in [0.1, 0.15) is 0 Å². The van der Waals surface area contributed by atoms with Gasteiger partial charge in [0.05, 0.1) is 12.7 Å². The Morgan fingerprint density at radius 1 is 1.25 bits per heavy atom. The number of rotatable bonds is 5. The third-order valence-electron chi connectivity index (χ3n) is 3.78. The molecule has 1 fully saturated rings. The van der Waals surface area contributed by atoms with E-state index in [4.69, 9.17) is 0 Å². The fraction of sp³-hybridized carbons (Fsp3) is 0.500. The summed E-state index contributed by atoms with van der Waals surface area (Å²) in [4.78, 5) is 25.1. The summed E-state index contributed by atoms with van der Waals surface area (Å²) in [7, 11) is -3.27. The summed E-state index contributed by atoms with van der Waals surface area (Å²) in [6, 6.07) is 6.90. The minimum absolute atomic E-state index is 0.0257. The fourth-order valence-electron chi connectivity index (χ4n) is 2.80. The third kappa shape index (κ3) is 5.93. The Morgan fingerprint density at radius 3 is 2.50 bits per heavy atom. The van der Waals surface area contributed by atoms with Crippen molar-refractivity contribution < 1.29 is 18.0 Å². The van der Waals surface area contributed by atoms with Crippen LogP contribution in [-0.4, -0.2) is 50.5 Å². The van der Waals surface area contributed by atoms with Crippen molar-refractivity contribution in [3.63, 3.8) is 0 Å². The van der Waals surface area contributed by atoms with Gasteiger partial charge in [-0.3, -0.25) is 9.59 Å². The number of anilines is 1. The number of sulfonamides is 1. The van der Waals surface area contributed by atoms with Gasteiger partial charge in [0.2, 0.25) is 21.8 Å². The first-order valence-electron chi connectivity index (χ1n) is 7.84. The summed E-state index contributed by atoms with van der Waals surface area (Å²) < 4.78 is 25.2. The van der Waals surface area contributed by atoms with E-state index in [-0.39, 0.29) is 24.3 Å². The molecule has 1 aliphatic rings. The number of piperidine rings is 1. The average molecular weight is 353 g/mol. The molecule has 0 bridgehead atoms. The molecule has 1 saturated heterocycles. The first-order chi connectivity index (χ1) is 11.2. The predicted molar refractivity (Wildman–Crippen MR) is 92.0 cm³/mol. The van der Waals surface area contributed by atoms with Crippen molar-refractivity contribution in [2.24, 2.45) is 0 Å². The Labute approximate surface area is 142 Å². The second kappa shape index (κ2) is 7.76. The van der Waals surface area contributed by atoms with Crippen LogP contribution in [0.1, 0.15) is 25.3 Å². The lowest BCUT2D eigenvalue weighted by Gasteiger charge is -2.32. The molecule has 1 unspecified atom stereocenters. The first kappa shape index (κ1) is 18.4. The fourth-order valence-corrected chi connectivity index (χ4v) is 3.60. The molecule has 0 radical (unpaired) electrons. The highest BCUT2D eigenvalue weighted by Crippen LogP contribution is 2.14. The van der Waals surface area contributed by atoms with Crippen LogP contribution in [0.4, 0.5) is 5.69 Å². The lowest BCUT2D eigenvalue weighted by atomic mass is 10.0. The number of carbonyl (C=O) groups excluding carboxylic acids is 2. The average Bonchev–Trinajstić information content (AvgIpc) is 2.47. The maximum atomic E-state index is 12.4. The number of carbonyl (C=O) groups is 2. The minimum atomic E-state index is -3.27. The van der Waals surface area contributed by atoms with E-state index in [0.717, 1.165) is 24.7 Å². The van der Waals surface area contributed by atoms with Gasteiger partial charge in [-0.25, -0.2) is 13.1 Å². The van der Waals surface area contributed by atoms with E-state index in [0.29, 0.717) is 18.8 Å². The van der Waals surface area contributed by atoms with Crippen molar-refractivity contribution in [3.8, 4) is 0 Å². The SMILES string of the molecule is CC(=O)Nc1ccc(CC(=O)N2CCCC(NS(C)(=O)=O)C2)cc1. The van der Waals surface area contributed by atoms with E-state index in [9.17, 15) is 18.0 Å². The zero-order valence-electron chi connectivity index (χ0n) is 13.9. The number of hydrogen-bond acceptors (Lipinski definition) is 4. The highest BCUT2D eigenvalue weighted by atomic mass is 32.2. The van der Waals surface area contributed by atoms with Crippen molar-refractivity contribution in [1.29, 1.82) is 0 Å². The second-order valence-corrected chi connectivity index (χ2v) is 7.90. The standard InChI is InChI=1S/C16H23N3O4S/c1-12(20)17-14-7-5-13(6-8-14)10-16(21)19-9-3-4-15(11-19)18-24(2,22)23/h5-8,15,18H,3-4,9-11H2,1-2H3,(H,17,20). The van der Waals surface area contributed by atoms with Gasteiger partial charge in [0.15, 0.2) is 0 Å². The largest absolute Gasteiger partial charge is 0.341 e. The van der Waals surface area contributed by atoms with Crippen molar-refractivity contribution in [1.82, 2.24) is 9.62 Å². The van der Waals surface area contributed by atoms with E-state index >= 15 is 0 Å². The van der Waals surface area contributed by atoms with Crippen LogP contribution in [-0.2, 0) is 26.0 Å². The van der Waals surface area contributed by atoms with Crippen molar-refractivity contribution in [2.75, 3.05) is 24.7 Å². The Balaban J connectivity index is 1.92. The smallest absolute Gasteiger partial charge is 0.227 e. The van der Waals surface area contributed by atoms with Crippen molar-refractivity contribution in [2.45, 2.75) is 32.2 Å². The Kier molecular flexibility index (Phi) is 5.95.